The molecule has 1 aromatic carbocycles. The molecule has 1 saturated heterocycles. The molecule has 0 saturated carbocycles. The van der Waals surface area contributed by atoms with Gasteiger partial charge in [0.25, 0.3) is 0 Å². The quantitative estimate of drug-likeness (QED) is 0.712. The van der Waals surface area contributed by atoms with Crippen LogP contribution < -0.4 is 4.90 Å². The number of amides is 1. The minimum atomic E-state index is 0.165. The number of piperazine rings is 1. The highest BCUT2D eigenvalue weighted by Crippen LogP contribution is 2.19. The fraction of sp³-hybridized carbons (Fsp3) is 0.300. The molecule has 3 aromatic rings. The van der Waals surface area contributed by atoms with Crippen LogP contribution >= 0.6 is 11.3 Å². The second-order valence-corrected chi connectivity index (χ2v) is 7.43. The van der Waals surface area contributed by atoms with Gasteiger partial charge in [0.15, 0.2) is 5.13 Å². The van der Waals surface area contributed by atoms with Crippen molar-refractivity contribution in [2.24, 2.45) is 0 Å². The van der Waals surface area contributed by atoms with Gasteiger partial charge in [0.2, 0.25) is 5.91 Å². The molecule has 4 rings (SSSR count). The maximum absolute atomic E-state index is 12.6. The Bertz CT molecular complexity index is 879. The Morgan fingerprint density at radius 2 is 1.88 bits per heavy atom. The number of aryl methyl sites for hydroxylation is 1. The molecule has 0 aliphatic carbocycles. The Morgan fingerprint density at radius 3 is 2.62 bits per heavy atom. The first-order valence-corrected chi connectivity index (χ1v) is 9.74. The van der Waals surface area contributed by atoms with Gasteiger partial charge >= 0.3 is 0 Å². The second kappa shape index (κ2) is 7.33. The number of rotatable bonds is 4. The molecule has 1 amide bonds. The van der Waals surface area contributed by atoms with Gasteiger partial charge in [0.05, 0.1) is 12.1 Å². The van der Waals surface area contributed by atoms with E-state index in [0.717, 1.165) is 37.0 Å². The highest BCUT2D eigenvalue weighted by molar-refractivity contribution is 7.12. The van der Waals surface area contributed by atoms with E-state index in [2.05, 4.69) is 41.1 Å². The highest BCUT2D eigenvalue weighted by Gasteiger charge is 2.22. The number of hydrogen-bond donors (Lipinski definition) is 0. The number of aromatic nitrogens is 2. The molecule has 5 nitrogen and oxygen atoms in total. The molecule has 3 heterocycles. The smallest absolute Gasteiger partial charge is 0.228 e. The molecule has 1 fully saturated rings. The van der Waals surface area contributed by atoms with Crippen molar-refractivity contribution in [1.29, 1.82) is 0 Å². The van der Waals surface area contributed by atoms with Crippen molar-refractivity contribution in [3.05, 3.63) is 65.4 Å². The summed E-state index contributed by atoms with van der Waals surface area (Å²) in [7, 11) is 0. The summed E-state index contributed by atoms with van der Waals surface area (Å²) in [5.74, 6) is 0.165. The van der Waals surface area contributed by atoms with E-state index in [1.165, 1.54) is 11.3 Å². The van der Waals surface area contributed by atoms with E-state index in [9.17, 15) is 4.79 Å². The molecule has 0 bridgehead atoms. The van der Waals surface area contributed by atoms with Crippen LogP contribution in [0.2, 0.25) is 0 Å². The Morgan fingerprint density at radius 1 is 1.12 bits per heavy atom. The zero-order valence-corrected chi connectivity index (χ0v) is 15.7. The fourth-order valence-electron chi connectivity index (χ4n) is 3.26. The van der Waals surface area contributed by atoms with Gasteiger partial charge in [-0.15, -0.1) is 11.3 Å². The van der Waals surface area contributed by atoms with Gasteiger partial charge in [-0.25, -0.2) is 4.98 Å². The Kier molecular flexibility index (Phi) is 4.75. The van der Waals surface area contributed by atoms with Crippen LogP contribution in [0.1, 0.15) is 11.3 Å². The Labute approximate surface area is 157 Å². The highest BCUT2D eigenvalue weighted by atomic mass is 32.1. The molecule has 26 heavy (non-hydrogen) atoms. The molecule has 0 unspecified atom stereocenters. The summed E-state index contributed by atoms with van der Waals surface area (Å²) < 4.78 is 1.97. The molecule has 6 heteroatoms. The molecular formula is C20H22N4OS. The molecular weight excluding hydrogens is 344 g/mol. The number of nitrogens with zero attached hydrogens (tertiary/aromatic N) is 4. The summed E-state index contributed by atoms with van der Waals surface area (Å²) in [6.45, 7) is 5.39. The van der Waals surface area contributed by atoms with Gasteiger partial charge < -0.3 is 14.4 Å². The number of carbonyl (C=O) groups excluding carboxylic acids is 1. The zero-order chi connectivity index (χ0) is 17.9. The standard InChI is InChI=1S/C20H22N4OS/c1-16-5-4-6-18(13-16)22-9-11-23(12-10-22)19(25)14-17-15-26-20(21-17)24-7-2-3-8-24/h2-8,13,15H,9-12,14H2,1H3. The summed E-state index contributed by atoms with van der Waals surface area (Å²) in [5.41, 5.74) is 3.36. The third-order valence-corrected chi connectivity index (χ3v) is 5.60. The molecule has 1 aliphatic heterocycles. The van der Waals surface area contributed by atoms with Gasteiger partial charge in [-0.05, 0) is 36.8 Å². The van der Waals surface area contributed by atoms with Crippen molar-refractivity contribution in [3.8, 4) is 5.13 Å². The van der Waals surface area contributed by atoms with E-state index >= 15 is 0 Å². The predicted octanol–water partition coefficient (Wildman–Crippen LogP) is 3.13. The van der Waals surface area contributed by atoms with E-state index < -0.39 is 0 Å². The van der Waals surface area contributed by atoms with Crippen LogP contribution in [-0.2, 0) is 11.2 Å². The largest absolute Gasteiger partial charge is 0.368 e. The summed E-state index contributed by atoms with van der Waals surface area (Å²) in [4.78, 5) is 21.5. The average Bonchev–Trinajstić information content (AvgIpc) is 3.33. The molecule has 0 N–H and O–H groups in total. The van der Waals surface area contributed by atoms with E-state index in [0.29, 0.717) is 6.42 Å². The van der Waals surface area contributed by atoms with Gasteiger partial charge in [-0.1, -0.05) is 12.1 Å². The summed E-state index contributed by atoms with van der Waals surface area (Å²) >= 11 is 1.57. The maximum atomic E-state index is 12.6. The third-order valence-electron chi connectivity index (χ3n) is 4.70. The van der Waals surface area contributed by atoms with Gasteiger partial charge in [-0.2, -0.15) is 0 Å². The van der Waals surface area contributed by atoms with Crippen LogP contribution in [0.5, 0.6) is 0 Å². The third kappa shape index (κ3) is 3.65. The number of carbonyl (C=O) groups is 1. The number of thiazole rings is 1. The van der Waals surface area contributed by atoms with Crippen molar-refractivity contribution in [2.75, 3.05) is 31.1 Å². The molecule has 134 valence electrons. The Balaban J connectivity index is 1.34. The van der Waals surface area contributed by atoms with Crippen molar-refractivity contribution in [1.82, 2.24) is 14.5 Å². The van der Waals surface area contributed by atoms with Crippen molar-refractivity contribution < 1.29 is 4.79 Å². The molecule has 0 radical (unpaired) electrons. The fourth-order valence-corrected chi connectivity index (χ4v) is 4.05. The van der Waals surface area contributed by atoms with Gasteiger partial charge in [0, 0.05) is 49.6 Å². The minimum absolute atomic E-state index is 0.165. The van der Waals surface area contributed by atoms with Crippen molar-refractivity contribution >= 4 is 22.9 Å². The normalized spacial score (nSPS) is 14.7. The summed E-state index contributed by atoms with van der Waals surface area (Å²) in [6, 6.07) is 12.5. The predicted molar refractivity (Wildman–Crippen MR) is 105 cm³/mol. The molecule has 0 spiro atoms. The van der Waals surface area contributed by atoms with Crippen LogP contribution in [0.4, 0.5) is 5.69 Å². The Hall–Kier alpha value is -2.60. The average molecular weight is 366 g/mol. The number of anilines is 1. The van der Waals surface area contributed by atoms with Crippen LogP contribution in [0, 0.1) is 6.92 Å². The summed E-state index contributed by atoms with van der Waals surface area (Å²) in [5, 5.41) is 2.89. The lowest BCUT2D eigenvalue weighted by molar-refractivity contribution is -0.130. The number of benzene rings is 1. The lowest BCUT2D eigenvalue weighted by Crippen LogP contribution is -2.49. The lowest BCUT2D eigenvalue weighted by atomic mass is 10.2. The van der Waals surface area contributed by atoms with Crippen molar-refractivity contribution in [3.63, 3.8) is 0 Å². The maximum Gasteiger partial charge on any atom is 0.228 e. The van der Waals surface area contributed by atoms with Crippen LogP contribution in [0.15, 0.2) is 54.2 Å². The minimum Gasteiger partial charge on any atom is -0.368 e. The lowest BCUT2D eigenvalue weighted by Gasteiger charge is -2.36. The monoisotopic (exact) mass is 366 g/mol. The van der Waals surface area contributed by atoms with Crippen LogP contribution in [-0.4, -0.2) is 46.5 Å². The van der Waals surface area contributed by atoms with Gasteiger partial charge in [-0.3, -0.25) is 4.79 Å². The first-order valence-electron chi connectivity index (χ1n) is 8.86. The number of hydrogen-bond acceptors (Lipinski definition) is 4. The summed E-state index contributed by atoms with van der Waals surface area (Å²) in [6.07, 6.45) is 4.31. The second-order valence-electron chi connectivity index (χ2n) is 6.60. The van der Waals surface area contributed by atoms with Crippen LogP contribution in [0.25, 0.3) is 5.13 Å². The van der Waals surface area contributed by atoms with E-state index in [-0.39, 0.29) is 5.91 Å². The molecule has 2 aromatic heterocycles. The van der Waals surface area contributed by atoms with Gasteiger partial charge in [0.1, 0.15) is 0 Å². The molecule has 0 atom stereocenters. The zero-order valence-electron chi connectivity index (χ0n) is 14.8. The van der Waals surface area contributed by atoms with Crippen molar-refractivity contribution in [2.45, 2.75) is 13.3 Å². The SMILES string of the molecule is Cc1cccc(N2CCN(C(=O)Cc3csc(-n4cccc4)n3)CC2)c1. The molecule has 1 aliphatic rings. The van der Waals surface area contributed by atoms with Crippen LogP contribution in [0.3, 0.4) is 0 Å². The first kappa shape index (κ1) is 16.8. The first-order chi connectivity index (χ1) is 12.7. The van der Waals surface area contributed by atoms with E-state index in [4.69, 9.17) is 0 Å². The van der Waals surface area contributed by atoms with E-state index in [1.54, 1.807) is 11.3 Å². The topological polar surface area (TPSA) is 41.4 Å². The van der Waals surface area contributed by atoms with E-state index in [1.807, 2.05) is 39.4 Å².